The molecule has 1 heterocycles. The Hall–Kier alpha value is -4.01. The second-order valence-corrected chi connectivity index (χ2v) is 7.37. The standard InChI is InChI=1S/C23H25N5O4/c1-4-18-7-5-6-8-20(18)25-21(29)13-24-23(30)19-11-9-17(10-12-19)14-27-16(3)22(28(31)32)15(2)26-27/h5-12H,4,13-14H2,1-3H3,(H,24,30)(H,25,29). The van der Waals surface area contributed by atoms with Crippen molar-refractivity contribution in [2.45, 2.75) is 33.7 Å². The molecule has 0 aliphatic rings. The van der Waals surface area contributed by atoms with Crippen LogP contribution in [0.4, 0.5) is 11.4 Å². The lowest BCUT2D eigenvalue weighted by Crippen LogP contribution is -2.33. The van der Waals surface area contributed by atoms with Crippen molar-refractivity contribution in [3.8, 4) is 0 Å². The number of nitrogens with one attached hydrogen (secondary N) is 2. The van der Waals surface area contributed by atoms with E-state index in [9.17, 15) is 19.7 Å². The van der Waals surface area contributed by atoms with Gasteiger partial charge < -0.3 is 10.6 Å². The first-order valence-electron chi connectivity index (χ1n) is 10.2. The van der Waals surface area contributed by atoms with Crippen molar-refractivity contribution in [1.82, 2.24) is 15.1 Å². The van der Waals surface area contributed by atoms with Gasteiger partial charge in [-0.05, 0) is 49.6 Å². The predicted molar refractivity (Wildman–Crippen MR) is 121 cm³/mol. The van der Waals surface area contributed by atoms with Crippen LogP contribution >= 0.6 is 0 Å². The minimum absolute atomic E-state index is 0.0147. The summed E-state index contributed by atoms with van der Waals surface area (Å²) in [5, 5.41) is 20.8. The Morgan fingerprint density at radius 3 is 2.41 bits per heavy atom. The van der Waals surface area contributed by atoms with Crippen LogP contribution in [-0.4, -0.2) is 33.1 Å². The van der Waals surface area contributed by atoms with Crippen LogP contribution in [0.1, 0.15) is 39.8 Å². The quantitative estimate of drug-likeness (QED) is 0.415. The molecule has 3 aromatic rings. The summed E-state index contributed by atoms with van der Waals surface area (Å²) in [6.07, 6.45) is 0.792. The average molecular weight is 435 g/mol. The van der Waals surface area contributed by atoms with Crippen molar-refractivity contribution >= 4 is 23.2 Å². The number of carbonyl (C=O) groups excluding carboxylic acids is 2. The van der Waals surface area contributed by atoms with Crippen molar-refractivity contribution in [1.29, 1.82) is 0 Å². The molecule has 0 atom stereocenters. The van der Waals surface area contributed by atoms with Crippen molar-refractivity contribution in [2.24, 2.45) is 0 Å². The van der Waals surface area contributed by atoms with Crippen LogP contribution in [0.3, 0.4) is 0 Å². The Kier molecular flexibility index (Phi) is 6.99. The summed E-state index contributed by atoms with van der Waals surface area (Å²) >= 11 is 0. The molecular weight excluding hydrogens is 410 g/mol. The molecule has 0 saturated heterocycles. The monoisotopic (exact) mass is 435 g/mol. The van der Waals surface area contributed by atoms with Gasteiger partial charge in [0.2, 0.25) is 5.91 Å². The number of carbonyl (C=O) groups is 2. The number of aromatic nitrogens is 2. The molecule has 2 N–H and O–H groups in total. The van der Waals surface area contributed by atoms with Crippen molar-refractivity contribution in [2.75, 3.05) is 11.9 Å². The SMILES string of the molecule is CCc1ccccc1NC(=O)CNC(=O)c1ccc(Cn2nc(C)c([N+](=O)[O-])c2C)cc1. The molecule has 2 aromatic carbocycles. The predicted octanol–water partition coefficient (Wildman–Crippen LogP) is 3.39. The van der Waals surface area contributed by atoms with Crippen molar-refractivity contribution in [3.63, 3.8) is 0 Å². The van der Waals surface area contributed by atoms with Gasteiger partial charge in [0.1, 0.15) is 11.4 Å². The summed E-state index contributed by atoms with van der Waals surface area (Å²) in [5.41, 5.74) is 3.87. The summed E-state index contributed by atoms with van der Waals surface area (Å²) in [4.78, 5) is 35.3. The maximum atomic E-state index is 12.4. The van der Waals surface area contributed by atoms with E-state index in [1.807, 2.05) is 31.2 Å². The Balaban J connectivity index is 1.58. The maximum absolute atomic E-state index is 12.4. The average Bonchev–Trinajstić information content (AvgIpc) is 3.05. The van der Waals surface area contributed by atoms with E-state index in [0.29, 0.717) is 23.5 Å². The van der Waals surface area contributed by atoms with Crippen LogP contribution in [0.2, 0.25) is 0 Å². The molecule has 0 spiro atoms. The van der Waals surface area contributed by atoms with E-state index in [-0.39, 0.29) is 24.0 Å². The number of amides is 2. The molecule has 9 nitrogen and oxygen atoms in total. The molecule has 1 aromatic heterocycles. The highest BCUT2D eigenvalue weighted by Crippen LogP contribution is 2.22. The third-order valence-electron chi connectivity index (χ3n) is 5.16. The molecule has 0 unspecified atom stereocenters. The van der Waals surface area contributed by atoms with Crippen molar-refractivity contribution < 1.29 is 14.5 Å². The molecule has 0 radical (unpaired) electrons. The lowest BCUT2D eigenvalue weighted by molar-refractivity contribution is -0.386. The second kappa shape index (κ2) is 9.86. The first-order chi connectivity index (χ1) is 15.3. The minimum atomic E-state index is -0.432. The highest BCUT2D eigenvalue weighted by Gasteiger charge is 2.21. The fourth-order valence-electron chi connectivity index (χ4n) is 3.45. The number of anilines is 1. The first-order valence-corrected chi connectivity index (χ1v) is 10.2. The van der Waals surface area contributed by atoms with E-state index in [1.165, 1.54) is 0 Å². The number of aryl methyl sites for hydroxylation is 2. The first kappa shape index (κ1) is 22.7. The number of nitrogens with zero attached hydrogens (tertiary/aromatic N) is 3. The Morgan fingerprint density at radius 1 is 1.09 bits per heavy atom. The van der Waals surface area contributed by atoms with Gasteiger partial charge in [-0.3, -0.25) is 24.4 Å². The van der Waals surface area contributed by atoms with Gasteiger partial charge in [0.25, 0.3) is 5.91 Å². The molecule has 0 fully saturated rings. The molecule has 3 rings (SSSR count). The third-order valence-corrected chi connectivity index (χ3v) is 5.16. The van der Waals surface area contributed by atoms with Gasteiger partial charge in [-0.1, -0.05) is 37.3 Å². The number of para-hydroxylation sites is 1. The van der Waals surface area contributed by atoms with Crippen LogP contribution in [0.5, 0.6) is 0 Å². The number of hydrogen-bond donors (Lipinski definition) is 2. The lowest BCUT2D eigenvalue weighted by atomic mass is 10.1. The zero-order valence-corrected chi connectivity index (χ0v) is 18.2. The number of benzene rings is 2. The molecule has 0 aliphatic carbocycles. The van der Waals surface area contributed by atoms with E-state index in [0.717, 1.165) is 23.2 Å². The topological polar surface area (TPSA) is 119 Å². The Labute approximate surface area is 185 Å². The van der Waals surface area contributed by atoms with Gasteiger partial charge in [-0.2, -0.15) is 5.10 Å². The van der Waals surface area contributed by atoms with Gasteiger partial charge in [-0.25, -0.2) is 0 Å². The van der Waals surface area contributed by atoms with E-state index < -0.39 is 4.92 Å². The van der Waals surface area contributed by atoms with Gasteiger partial charge in [-0.15, -0.1) is 0 Å². The van der Waals surface area contributed by atoms with Crippen LogP contribution in [-0.2, 0) is 17.8 Å². The summed E-state index contributed by atoms with van der Waals surface area (Å²) in [7, 11) is 0. The van der Waals surface area contributed by atoms with Gasteiger partial charge in [0, 0.05) is 11.3 Å². The van der Waals surface area contributed by atoms with Crippen LogP contribution in [0.25, 0.3) is 0 Å². The number of rotatable bonds is 8. The fourth-order valence-corrected chi connectivity index (χ4v) is 3.45. The lowest BCUT2D eigenvalue weighted by Gasteiger charge is -2.10. The zero-order valence-electron chi connectivity index (χ0n) is 18.2. The van der Waals surface area contributed by atoms with E-state index in [1.54, 1.807) is 42.8 Å². The summed E-state index contributed by atoms with van der Waals surface area (Å²) in [6.45, 7) is 5.47. The highest BCUT2D eigenvalue weighted by molar-refractivity contribution is 5.99. The van der Waals surface area contributed by atoms with Crippen LogP contribution < -0.4 is 10.6 Å². The summed E-state index contributed by atoms with van der Waals surface area (Å²) in [5.74, 6) is -0.667. The van der Waals surface area contributed by atoms with E-state index >= 15 is 0 Å². The van der Waals surface area contributed by atoms with Gasteiger partial charge in [0.05, 0.1) is 18.0 Å². The summed E-state index contributed by atoms with van der Waals surface area (Å²) in [6, 6.07) is 14.3. The Morgan fingerprint density at radius 2 is 1.78 bits per heavy atom. The van der Waals surface area contributed by atoms with E-state index in [4.69, 9.17) is 0 Å². The van der Waals surface area contributed by atoms with E-state index in [2.05, 4.69) is 15.7 Å². The van der Waals surface area contributed by atoms with Gasteiger partial charge in [0.15, 0.2) is 0 Å². The molecule has 0 saturated carbocycles. The molecule has 0 bridgehead atoms. The normalized spacial score (nSPS) is 10.6. The molecule has 32 heavy (non-hydrogen) atoms. The van der Waals surface area contributed by atoms with Crippen molar-refractivity contribution in [3.05, 3.63) is 86.7 Å². The van der Waals surface area contributed by atoms with Crippen LogP contribution in [0.15, 0.2) is 48.5 Å². The molecule has 2 amide bonds. The largest absolute Gasteiger partial charge is 0.343 e. The molecule has 166 valence electrons. The Bertz CT molecular complexity index is 1150. The fraction of sp³-hybridized carbons (Fsp3) is 0.261. The smallest absolute Gasteiger partial charge is 0.312 e. The zero-order chi connectivity index (χ0) is 23.3. The number of hydrogen-bond acceptors (Lipinski definition) is 5. The summed E-state index contributed by atoms with van der Waals surface area (Å²) < 4.78 is 1.57. The maximum Gasteiger partial charge on any atom is 0.312 e. The highest BCUT2D eigenvalue weighted by atomic mass is 16.6. The molecular formula is C23H25N5O4. The van der Waals surface area contributed by atoms with Crippen LogP contribution in [0, 0.1) is 24.0 Å². The molecule has 9 heteroatoms. The minimum Gasteiger partial charge on any atom is -0.343 e. The molecule has 0 aliphatic heterocycles. The second-order valence-electron chi connectivity index (χ2n) is 7.37. The third kappa shape index (κ3) is 5.18. The van der Waals surface area contributed by atoms with Gasteiger partial charge >= 0.3 is 5.69 Å². The number of nitro groups is 1.